The molecule has 2 rings (SSSR count). The molecule has 53 heavy (non-hydrogen) atoms. The summed E-state index contributed by atoms with van der Waals surface area (Å²) in [5.41, 5.74) is 4.44. The molecule has 0 aliphatic heterocycles. The number of unbranched alkanes of at least 4 members (excludes halogenated alkanes) is 30. The van der Waals surface area contributed by atoms with Gasteiger partial charge in [0.1, 0.15) is 6.29 Å². The van der Waals surface area contributed by atoms with Crippen LogP contribution in [0.2, 0.25) is 0 Å². The molecule has 0 saturated heterocycles. The highest BCUT2D eigenvalue weighted by molar-refractivity contribution is 5.76. The van der Waals surface area contributed by atoms with Crippen LogP contribution in [0.15, 0.2) is 48.5 Å². The Morgan fingerprint density at radius 3 is 0.868 bits per heavy atom. The molecule has 0 heterocycles. The minimum Gasteiger partial charge on any atom is -0.372 e. The Morgan fingerprint density at radius 2 is 0.585 bits per heavy atom. The number of hydrogen-bond donors (Lipinski definition) is 0. The van der Waals surface area contributed by atoms with Gasteiger partial charge in [0.2, 0.25) is 0 Å². The number of anilines is 1. The van der Waals surface area contributed by atoms with E-state index in [0.717, 1.165) is 17.4 Å². The summed E-state index contributed by atoms with van der Waals surface area (Å²) in [6.45, 7) is 6.96. The first-order valence-corrected chi connectivity index (χ1v) is 23.3. The summed E-state index contributed by atoms with van der Waals surface area (Å²) in [6, 6.07) is 17.0. The number of rotatable bonds is 38. The zero-order valence-electron chi connectivity index (χ0n) is 35.2. The normalized spacial score (nSPS) is 11.5. The van der Waals surface area contributed by atoms with E-state index in [9.17, 15) is 4.79 Å². The lowest BCUT2D eigenvalue weighted by Gasteiger charge is -2.25. The molecule has 0 saturated carbocycles. The standard InChI is InChI=1S/C51H85NO/c1-3-5-7-9-11-13-15-17-19-21-23-25-27-29-31-33-45-52(46-34-32-30-28-26-24-22-20-18-16-14-12-10-8-6-4-2)51-43-41-49(42-44-51)36-35-48-37-39-50(47-53)40-38-48/h35-44,47H,3-34,45-46H2,1-2H3/b36-35+. The van der Waals surface area contributed by atoms with Crippen LogP contribution in [0.3, 0.4) is 0 Å². The van der Waals surface area contributed by atoms with Crippen LogP contribution in [0.4, 0.5) is 5.69 Å². The van der Waals surface area contributed by atoms with Crippen molar-refractivity contribution in [3.63, 3.8) is 0 Å². The van der Waals surface area contributed by atoms with Crippen LogP contribution in [0.1, 0.15) is 241 Å². The molecule has 0 atom stereocenters. The maximum atomic E-state index is 11.0. The highest BCUT2D eigenvalue weighted by atomic mass is 16.1. The Bertz CT molecular complexity index is 1050. The molecule has 2 aromatic rings. The third-order valence-electron chi connectivity index (χ3n) is 11.4. The van der Waals surface area contributed by atoms with Crippen molar-refractivity contribution in [2.75, 3.05) is 18.0 Å². The second-order valence-electron chi connectivity index (χ2n) is 16.3. The van der Waals surface area contributed by atoms with Crippen molar-refractivity contribution >= 4 is 24.1 Å². The van der Waals surface area contributed by atoms with Gasteiger partial charge >= 0.3 is 0 Å². The van der Waals surface area contributed by atoms with Crippen molar-refractivity contribution in [2.45, 2.75) is 219 Å². The highest BCUT2D eigenvalue weighted by Gasteiger charge is 2.07. The Labute approximate surface area is 330 Å². The molecule has 2 nitrogen and oxygen atoms in total. The summed E-state index contributed by atoms with van der Waals surface area (Å²) in [5.74, 6) is 0. The molecule has 0 aromatic heterocycles. The minimum absolute atomic E-state index is 0.722. The Kier molecular flexibility index (Phi) is 31.2. The van der Waals surface area contributed by atoms with Crippen molar-refractivity contribution in [3.05, 3.63) is 65.2 Å². The summed E-state index contributed by atoms with van der Waals surface area (Å²) in [7, 11) is 0. The quantitative estimate of drug-likeness (QED) is 0.0390. The fourth-order valence-electron chi connectivity index (χ4n) is 7.75. The van der Waals surface area contributed by atoms with Gasteiger partial charge in [-0.25, -0.2) is 0 Å². The van der Waals surface area contributed by atoms with Crippen molar-refractivity contribution in [3.8, 4) is 0 Å². The van der Waals surface area contributed by atoms with Gasteiger partial charge in [0.15, 0.2) is 0 Å². The molecule has 0 aliphatic carbocycles. The number of nitrogens with zero attached hydrogens (tertiary/aromatic N) is 1. The number of benzene rings is 2. The average Bonchev–Trinajstić information content (AvgIpc) is 3.19. The molecule has 300 valence electrons. The Morgan fingerprint density at radius 1 is 0.340 bits per heavy atom. The average molecular weight is 728 g/mol. The molecule has 2 aromatic carbocycles. The second kappa shape index (κ2) is 35.4. The Hall–Kier alpha value is -2.35. The van der Waals surface area contributed by atoms with Gasteiger partial charge in [-0.05, 0) is 36.1 Å². The third kappa shape index (κ3) is 27.0. The van der Waals surface area contributed by atoms with E-state index < -0.39 is 0 Å². The van der Waals surface area contributed by atoms with Crippen molar-refractivity contribution in [2.24, 2.45) is 0 Å². The maximum absolute atomic E-state index is 11.0. The molecule has 0 spiro atoms. The molecule has 0 radical (unpaired) electrons. The van der Waals surface area contributed by atoms with Crippen LogP contribution in [0, 0.1) is 0 Å². The van der Waals surface area contributed by atoms with E-state index in [4.69, 9.17) is 0 Å². The molecule has 0 amide bonds. The van der Waals surface area contributed by atoms with Crippen LogP contribution in [0.5, 0.6) is 0 Å². The van der Waals surface area contributed by atoms with Gasteiger partial charge in [-0.2, -0.15) is 0 Å². The molecule has 0 N–H and O–H groups in total. The molecule has 0 fully saturated rings. The lowest BCUT2D eigenvalue weighted by Crippen LogP contribution is -2.25. The molecular weight excluding hydrogens is 643 g/mol. The van der Waals surface area contributed by atoms with Crippen LogP contribution in [0.25, 0.3) is 12.2 Å². The van der Waals surface area contributed by atoms with Crippen LogP contribution in [-0.2, 0) is 0 Å². The van der Waals surface area contributed by atoms with E-state index in [0.29, 0.717) is 0 Å². The van der Waals surface area contributed by atoms with Gasteiger partial charge in [0.05, 0.1) is 0 Å². The van der Waals surface area contributed by atoms with Gasteiger partial charge in [-0.15, -0.1) is 0 Å². The van der Waals surface area contributed by atoms with Gasteiger partial charge in [-0.1, -0.05) is 255 Å². The molecule has 0 aliphatic rings. The van der Waals surface area contributed by atoms with Crippen LogP contribution in [-0.4, -0.2) is 19.4 Å². The van der Waals surface area contributed by atoms with Crippen LogP contribution < -0.4 is 4.90 Å². The first-order chi connectivity index (χ1) is 26.3. The predicted molar refractivity (Wildman–Crippen MR) is 239 cm³/mol. The van der Waals surface area contributed by atoms with Crippen molar-refractivity contribution in [1.82, 2.24) is 0 Å². The van der Waals surface area contributed by atoms with E-state index in [2.05, 4.69) is 55.2 Å². The molecular formula is C51H85NO. The van der Waals surface area contributed by atoms with E-state index in [-0.39, 0.29) is 0 Å². The van der Waals surface area contributed by atoms with Gasteiger partial charge in [-0.3, -0.25) is 4.79 Å². The zero-order valence-corrected chi connectivity index (χ0v) is 35.2. The molecule has 0 bridgehead atoms. The van der Waals surface area contributed by atoms with E-state index in [1.807, 2.05) is 24.3 Å². The molecule has 2 heteroatoms. The summed E-state index contributed by atoms with van der Waals surface area (Å²) >= 11 is 0. The lowest BCUT2D eigenvalue weighted by atomic mass is 10.0. The molecule has 0 unspecified atom stereocenters. The smallest absolute Gasteiger partial charge is 0.150 e. The monoisotopic (exact) mass is 728 g/mol. The van der Waals surface area contributed by atoms with Crippen LogP contribution >= 0.6 is 0 Å². The first kappa shape index (κ1) is 46.8. The fraction of sp³-hybridized carbons (Fsp3) is 0.706. The summed E-state index contributed by atoms with van der Waals surface area (Å²) in [6.07, 6.45) is 50.7. The zero-order chi connectivity index (χ0) is 37.7. The fourth-order valence-corrected chi connectivity index (χ4v) is 7.75. The third-order valence-corrected chi connectivity index (χ3v) is 11.4. The SMILES string of the molecule is CCCCCCCCCCCCCCCCCCN(CCCCCCCCCCCCCCCCCC)c1ccc(/C=C/c2ccc(C=O)cc2)cc1. The summed E-state index contributed by atoms with van der Waals surface area (Å²) < 4.78 is 0. The highest BCUT2D eigenvalue weighted by Crippen LogP contribution is 2.21. The number of carbonyl (C=O) groups is 1. The minimum atomic E-state index is 0.722. The number of aldehydes is 1. The van der Waals surface area contributed by atoms with Crippen molar-refractivity contribution < 1.29 is 4.79 Å². The number of carbonyl (C=O) groups excluding carboxylic acids is 1. The topological polar surface area (TPSA) is 20.3 Å². The number of hydrogen-bond acceptors (Lipinski definition) is 2. The van der Waals surface area contributed by atoms with Gasteiger partial charge in [0, 0.05) is 24.3 Å². The van der Waals surface area contributed by atoms with E-state index in [1.54, 1.807) is 0 Å². The predicted octanol–water partition coefficient (Wildman–Crippen LogP) is 17.0. The lowest BCUT2D eigenvalue weighted by molar-refractivity contribution is 0.112. The second-order valence-corrected chi connectivity index (χ2v) is 16.3. The van der Waals surface area contributed by atoms with E-state index >= 15 is 0 Å². The summed E-state index contributed by atoms with van der Waals surface area (Å²) in [5, 5.41) is 0. The van der Waals surface area contributed by atoms with Gasteiger partial charge < -0.3 is 4.90 Å². The largest absolute Gasteiger partial charge is 0.372 e. The maximum Gasteiger partial charge on any atom is 0.150 e. The van der Waals surface area contributed by atoms with Gasteiger partial charge in [0.25, 0.3) is 0 Å². The Balaban J connectivity index is 1.63. The first-order valence-electron chi connectivity index (χ1n) is 23.3. The van der Waals surface area contributed by atoms with E-state index in [1.165, 1.54) is 230 Å². The summed E-state index contributed by atoms with van der Waals surface area (Å²) in [4.78, 5) is 13.6. The van der Waals surface area contributed by atoms with Crippen molar-refractivity contribution in [1.29, 1.82) is 0 Å².